The van der Waals surface area contributed by atoms with Crippen molar-refractivity contribution in [1.29, 1.82) is 0 Å². The molecule has 0 aromatic heterocycles. The molecule has 1 aliphatic carbocycles. The maximum atomic E-state index is 12.0. The van der Waals surface area contributed by atoms with E-state index in [0.29, 0.717) is 26.2 Å². The molecule has 0 unspecified atom stereocenters. The highest BCUT2D eigenvalue weighted by atomic mass is 16.5. The van der Waals surface area contributed by atoms with Gasteiger partial charge >= 0.3 is 0 Å². The normalized spacial score (nSPS) is 21.2. The maximum Gasteiger partial charge on any atom is 0.245 e. The second kappa shape index (κ2) is 10.3. The van der Waals surface area contributed by atoms with Gasteiger partial charge in [-0.05, 0) is 32.6 Å². The highest BCUT2D eigenvalue weighted by molar-refractivity contribution is 5.79. The summed E-state index contributed by atoms with van der Waals surface area (Å²) in [4.78, 5) is 33.8. The van der Waals surface area contributed by atoms with E-state index in [-0.39, 0.29) is 29.6 Å². The van der Waals surface area contributed by atoms with Crippen LogP contribution in [0.2, 0.25) is 0 Å². The summed E-state index contributed by atoms with van der Waals surface area (Å²) in [7, 11) is 0. The van der Waals surface area contributed by atoms with Crippen LogP contribution >= 0.6 is 0 Å². The van der Waals surface area contributed by atoms with Crippen LogP contribution in [0, 0.1) is 5.92 Å². The number of Topliss-reactive ketones (excluding diaryl/α,β-unsaturated/α-hetero) is 1. The number of amides is 2. The van der Waals surface area contributed by atoms with Gasteiger partial charge in [-0.1, -0.05) is 0 Å². The van der Waals surface area contributed by atoms with Crippen LogP contribution in [0.15, 0.2) is 0 Å². The van der Waals surface area contributed by atoms with Gasteiger partial charge < -0.3 is 20.5 Å². The van der Waals surface area contributed by atoms with Gasteiger partial charge in [0.05, 0.1) is 13.2 Å². The molecule has 0 radical (unpaired) electrons. The lowest BCUT2D eigenvalue weighted by Gasteiger charge is -2.28. The first kappa shape index (κ1) is 18.6. The number of aliphatic hydroxyl groups is 1. The van der Waals surface area contributed by atoms with Crippen LogP contribution in [-0.2, 0) is 19.1 Å². The van der Waals surface area contributed by atoms with Gasteiger partial charge in [-0.2, -0.15) is 0 Å². The van der Waals surface area contributed by atoms with Gasteiger partial charge in [-0.15, -0.1) is 0 Å². The molecule has 1 rings (SSSR count). The number of carbonyl (C=O) groups excluding carboxylic acids is 3. The Kier molecular flexibility index (Phi) is 8.69. The third kappa shape index (κ3) is 7.51. The van der Waals surface area contributed by atoms with Crippen LogP contribution in [-0.4, -0.2) is 55.1 Å². The second-order valence-electron chi connectivity index (χ2n) is 5.63. The van der Waals surface area contributed by atoms with E-state index >= 15 is 0 Å². The molecule has 1 saturated carbocycles. The first-order valence-corrected chi connectivity index (χ1v) is 7.78. The van der Waals surface area contributed by atoms with Crippen molar-refractivity contribution in [2.24, 2.45) is 5.92 Å². The number of ether oxygens (including phenoxy) is 1. The number of hydrogen-bond donors (Lipinski definition) is 3. The van der Waals surface area contributed by atoms with Crippen molar-refractivity contribution >= 4 is 17.6 Å². The fourth-order valence-corrected chi connectivity index (χ4v) is 2.48. The van der Waals surface area contributed by atoms with Crippen LogP contribution in [0.1, 0.15) is 39.0 Å². The van der Waals surface area contributed by atoms with Gasteiger partial charge in [-0.3, -0.25) is 14.4 Å². The summed E-state index contributed by atoms with van der Waals surface area (Å²) in [6, 6.07) is 0.0543. The predicted molar refractivity (Wildman–Crippen MR) is 80.1 cm³/mol. The zero-order valence-corrected chi connectivity index (χ0v) is 13.1. The quantitative estimate of drug-likeness (QED) is 0.510. The maximum absolute atomic E-state index is 12.0. The molecular weight excluding hydrogens is 288 g/mol. The number of hydrogen-bond acceptors (Lipinski definition) is 5. The molecule has 1 aliphatic rings. The number of nitrogens with one attached hydrogen (secondary N) is 2. The molecule has 3 N–H and O–H groups in total. The molecule has 0 atom stereocenters. The zero-order chi connectivity index (χ0) is 16.4. The molecule has 0 heterocycles. The topological polar surface area (TPSA) is 105 Å². The number of rotatable bonds is 9. The minimum atomic E-state index is -0.496. The van der Waals surface area contributed by atoms with Crippen LogP contribution in [0.3, 0.4) is 0 Å². The van der Waals surface area contributed by atoms with Gasteiger partial charge in [0.1, 0.15) is 12.4 Å². The Morgan fingerprint density at radius 1 is 1.14 bits per heavy atom. The van der Waals surface area contributed by atoms with E-state index in [0.717, 1.165) is 25.7 Å². The molecule has 0 aliphatic heterocycles. The zero-order valence-electron chi connectivity index (χ0n) is 13.1. The molecule has 126 valence electrons. The van der Waals surface area contributed by atoms with Crippen molar-refractivity contribution < 1.29 is 24.2 Å². The monoisotopic (exact) mass is 314 g/mol. The number of aliphatic hydroxyl groups excluding tert-OH is 1. The molecule has 0 spiro atoms. The average Bonchev–Trinajstić information content (AvgIpc) is 2.50. The van der Waals surface area contributed by atoms with Crippen LogP contribution in [0.4, 0.5) is 0 Å². The van der Waals surface area contributed by atoms with Crippen LogP contribution < -0.4 is 10.6 Å². The summed E-state index contributed by atoms with van der Waals surface area (Å²) in [5, 5.41) is 14.3. The molecule has 7 heteroatoms. The largest absolute Gasteiger partial charge is 0.387 e. The third-order valence-corrected chi connectivity index (χ3v) is 3.75. The minimum absolute atomic E-state index is 0.0158. The molecule has 1 fully saturated rings. The molecule has 2 amide bonds. The van der Waals surface area contributed by atoms with Crippen molar-refractivity contribution in [3.8, 4) is 0 Å². The summed E-state index contributed by atoms with van der Waals surface area (Å²) < 4.78 is 5.25. The third-order valence-electron chi connectivity index (χ3n) is 3.75. The molecule has 0 bridgehead atoms. The Morgan fingerprint density at radius 3 is 2.41 bits per heavy atom. The minimum Gasteiger partial charge on any atom is -0.387 e. The van der Waals surface area contributed by atoms with E-state index in [9.17, 15) is 14.4 Å². The summed E-state index contributed by atoms with van der Waals surface area (Å²) in [6.45, 7) is 2.26. The fourth-order valence-electron chi connectivity index (χ4n) is 2.48. The van der Waals surface area contributed by atoms with E-state index in [1.165, 1.54) is 6.92 Å². The molecule has 7 nitrogen and oxygen atoms in total. The Morgan fingerprint density at radius 2 is 1.82 bits per heavy atom. The summed E-state index contributed by atoms with van der Waals surface area (Å²) >= 11 is 0. The Bertz CT molecular complexity index is 378. The van der Waals surface area contributed by atoms with Crippen LogP contribution in [0.25, 0.3) is 0 Å². The number of carbonyl (C=O) groups is 3. The van der Waals surface area contributed by atoms with Crippen molar-refractivity contribution in [3.05, 3.63) is 0 Å². The SMILES string of the molecule is CC(=O)CCOCCNC(=O)C1CCC(NC(=O)CO)CC1. The molecule has 0 saturated heterocycles. The lowest BCUT2D eigenvalue weighted by atomic mass is 9.85. The van der Waals surface area contributed by atoms with E-state index in [2.05, 4.69) is 10.6 Å². The Labute approximate surface area is 130 Å². The molecule has 22 heavy (non-hydrogen) atoms. The van der Waals surface area contributed by atoms with Crippen molar-refractivity contribution in [1.82, 2.24) is 10.6 Å². The van der Waals surface area contributed by atoms with Crippen LogP contribution in [0.5, 0.6) is 0 Å². The first-order chi connectivity index (χ1) is 10.5. The average molecular weight is 314 g/mol. The standard InChI is InChI=1S/C15H26N2O5/c1-11(19)6-8-22-9-7-16-15(21)12-2-4-13(5-3-12)17-14(20)10-18/h12-13,18H,2-10H2,1H3,(H,16,21)(H,17,20). The van der Waals surface area contributed by atoms with Crippen molar-refractivity contribution in [2.45, 2.75) is 45.1 Å². The van der Waals surface area contributed by atoms with E-state index in [1.54, 1.807) is 0 Å². The molecular formula is C15H26N2O5. The molecule has 0 aromatic carbocycles. The van der Waals surface area contributed by atoms with Crippen molar-refractivity contribution in [2.75, 3.05) is 26.4 Å². The smallest absolute Gasteiger partial charge is 0.245 e. The van der Waals surface area contributed by atoms with Gasteiger partial charge in [0.2, 0.25) is 11.8 Å². The lowest BCUT2D eigenvalue weighted by molar-refractivity contribution is -0.127. The van der Waals surface area contributed by atoms with E-state index in [4.69, 9.17) is 9.84 Å². The fraction of sp³-hybridized carbons (Fsp3) is 0.800. The highest BCUT2D eigenvalue weighted by Gasteiger charge is 2.26. The van der Waals surface area contributed by atoms with E-state index < -0.39 is 6.61 Å². The Hall–Kier alpha value is -1.47. The lowest BCUT2D eigenvalue weighted by Crippen LogP contribution is -2.42. The predicted octanol–water partition coefficient (Wildman–Crippen LogP) is -0.234. The van der Waals surface area contributed by atoms with Gasteiger partial charge in [-0.25, -0.2) is 0 Å². The number of ketones is 1. The van der Waals surface area contributed by atoms with Gasteiger partial charge in [0.25, 0.3) is 0 Å². The summed E-state index contributed by atoms with van der Waals surface area (Å²) in [6.07, 6.45) is 3.36. The summed E-state index contributed by atoms with van der Waals surface area (Å²) in [5.74, 6) is -0.286. The molecule has 0 aromatic rings. The second-order valence-corrected chi connectivity index (χ2v) is 5.63. The summed E-state index contributed by atoms with van der Waals surface area (Å²) in [5.41, 5.74) is 0. The van der Waals surface area contributed by atoms with E-state index in [1.807, 2.05) is 0 Å². The van der Waals surface area contributed by atoms with Gasteiger partial charge in [0, 0.05) is 24.9 Å². The Balaban J connectivity index is 2.10. The van der Waals surface area contributed by atoms with Crippen molar-refractivity contribution in [3.63, 3.8) is 0 Å². The first-order valence-electron chi connectivity index (χ1n) is 7.78. The highest BCUT2D eigenvalue weighted by Crippen LogP contribution is 2.24. The van der Waals surface area contributed by atoms with Gasteiger partial charge in [0.15, 0.2) is 0 Å².